The minimum absolute atomic E-state index is 0.129. The van der Waals surface area contributed by atoms with Crippen LogP contribution >= 0.6 is 0 Å². The molecule has 1 heterocycles. The molecule has 1 aromatic heterocycles. The molecule has 0 saturated carbocycles. The standard InChI is InChI=1S/C25H27NO5S/c1-25(2,3)31-24(27)15-23(32(28,29)22-12-8-5-9-13-22)20-14-21(17-26-16-20)30-18-19-10-6-4-7-11-19/h4-14,16-17,23H,15,18H2,1-3H3. The zero-order valence-electron chi connectivity index (χ0n) is 18.4. The second kappa shape index (κ2) is 9.96. The van der Waals surface area contributed by atoms with E-state index in [1.807, 2.05) is 30.3 Å². The number of esters is 1. The number of benzene rings is 2. The maximum absolute atomic E-state index is 13.4. The van der Waals surface area contributed by atoms with Crippen molar-refractivity contribution in [1.29, 1.82) is 0 Å². The average molecular weight is 454 g/mol. The molecule has 0 amide bonds. The van der Waals surface area contributed by atoms with Gasteiger partial charge in [-0.1, -0.05) is 48.5 Å². The van der Waals surface area contributed by atoms with Crippen LogP contribution in [-0.2, 0) is 26.0 Å². The molecular formula is C25H27NO5S. The van der Waals surface area contributed by atoms with Crippen LogP contribution in [0.1, 0.15) is 43.6 Å². The number of carbonyl (C=O) groups excluding carboxylic acids is 1. The number of ether oxygens (including phenoxy) is 2. The highest BCUT2D eigenvalue weighted by molar-refractivity contribution is 7.91. The molecule has 0 N–H and O–H groups in total. The number of pyridine rings is 1. The first-order chi connectivity index (χ1) is 15.1. The van der Waals surface area contributed by atoms with E-state index < -0.39 is 26.7 Å². The summed E-state index contributed by atoms with van der Waals surface area (Å²) in [5.74, 6) is -0.179. The summed E-state index contributed by atoms with van der Waals surface area (Å²) in [4.78, 5) is 16.9. The summed E-state index contributed by atoms with van der Waals surface area (Å²) in [6.45, 7) is 5.54. The fourth-order valence-electron chi connectivity index (χ4n) is 3.15. The summed E-state index contributed by atoms with van der Waals surface area (Å²) < 4.78 is 38.1. The van der Waals surface area contributed by atoms with Crippen LogP contribution < -0.4 is 4.74 Å². The van der Waals surface area contributed by atoms with E-state index in [4.69, 9.17) is 9.47 Å². The van der Waals surface area contributed by atoms with Gasteiger partial charge in [-0.3, -0.25) is 9.78 Å². The zero-order chi connectivity index (χ0) is 23.2. The normalized spacial score (nSPS) is 12.7. The van der Waals surface area contributed by atoms with Crippen molar-refractivity contribution < 1.29 is 22.7 Å². The van der Waals surface area contributed by atoms with E-state index >= 15 is 0 Å². The van der Waals surface area contributed by atoms with E-state index in [2.05, 4.69) is 4.98 Å². The highest BCUT2D eigenvalue weighted by Gasteiger charge is 2.33. The third kappa shape index (κ3) is 6.40. The number of hydrogen-bond acceptors (Lipinski definition) is 6. The molecule has 1 unspecified atom stereocenters. The van der Waals surface area contributed by atoms with Crippen LogP contribution in [0.4, 0.5) is 0 Å². The lowest BCUT2D eigenvalue weighted by Crippen LogP contribution is -2.27. The van der Waals surface area contributed by atoms with Crippen LogP contribution in [0.3, 0.4) is 0 Å². The van der Waals surface area contributed by atoms with E-state index in [9.17, 15) is 13.2 Å². The molecule has 0 aliphatic carbocycles. The first-order valence-corrected chi connectivity index (χ1v) is 11.8. The highest BCUT2D eigenvalue weighted by Crippen LogP contribution is 2.34. The molecule has 0 spiro atoms. The van der Waals surface area contributed by atoms with Crippen molar-refractivity contribution in [1.82, 2.24) is 4.98 Å². The van der Waals surface area contributed by atoms with Gasteiger partial charge in [-0.05, 0) is 50.1 Å². The molecule has 6 nitrogen and oxygen atoms in total. The van der Waals surface area contributed by atoms with Crippen LogP contribution in [0.5, 0.6) is 5.75 Å². The zero-order valence-corrected chi connectivity index (χ0v) is 19.2. The van der Waals surface area contributed by atoms with Gasteiger partial charge in [-0.2, -0.15) is 0 Å². The number of sulfone groups is 1. The molecule has 0 saturated heterocycles. The molecule has 3 aromatic rings. The molecule has 0 radical (unpaired) electrons. The predicted molar refractivity (Wildman–Crippen MR) is 122 cm³/mol. The van der Waals surface area contributed by atoms with Crippen molar-refractivity contribution in [3.05, 3.63) is 90.3 Å². The fourth-order valence-corrected chi connectivity index (χ4v) is 4.85. The van der Waals surface area contributed by atoms with E-state index in [-0.39, 0.29) is 11.3 Å². The van der Waals surface area contributed by atoms with Gasteiger partial charge in [0.1, 0.15) is 23.2 Å². The molecule has 7 heteroatoms. The maximum atomic E-state index is 13.4. The molecule has 3 rings (SSSR count). The first-order valence-electron chi connectivity index (χ1n) is 10.3. The van der Waals surface area contributed by atoms with Gasteiger partial charge in [0.2, 0.25) is 0 Å². The second-order valence-corrected chi connectivity index (χ2v) is 10.5. The van der Waals surface area contributed by atoms with E-state index in [1.165, 1.54) is 24.5 Å². The lowest BCUT2D eigenvalue weighted by molar-refractivity contribution is -0.154. The molecule has 1 atom stereocenters. The van der Waals surface area contributed by atoms with Crippen molar-refractivity contribution in [2.75, 3.05) is 0 Å². The second-order valence-electron chi connectivity index (χ2n) is 8.37. The topological polar surface area (TPSA) is 82.6 Å². The smallest absolute Gasteiger partial charge is 0.307 e. The number of aromatic nitrogens is 1. The van der Waals surface area contributed by atoms with E-state index in [0.717, 1.165) is 5.56 Å². The Balaban J connectivity index is 1.91. The lowest BCUT2D eigenvalue weighted by Gasteiger charge is -2.23. The monoisotopic (exact) mass is 453 g/mol. The average Bonchev–Trinajstić information content (AvgIpc) is 2.76. The van der Waals surface area contributed by atoms with Crippen molar-refractivity contribution in [2.24, 2.45) is 0 Å². The molecule has 0 bridgehead atoms. The van der Waals surface area contributed by atoms with Gasteiger partial charge in [-0.25, -0.2) is 8.42 Å². The summed E-state index contributed by atoms with van der Waals surface area (Å²) in [7, 11) is -3.89. The Labute approximate surface area is 189 Å². The summed E-state index contributed by atoms with van der Waals surface area (Å²) in [6, 6.07) is 19.3. The van der Waals surface area contributed by atoms with Crippen LogP contribution in [0.25, 0.3) is 0 Å². The Bertz CT molecular complexity index is 1140. The quantitative estimate of drug-likeness (QED) is 0.451. The van der Waals surface area contributed by atoms with Gasteiger partial charge >= 0.3 is 5.97 Å². The van der Waals surface area contributed by atoms with Gasteiger partial charge in [0.25, 0.3) is 0 Å². The molecule has 0 fully saturated rings. The highest BCUT2D eigenvalue weighted by atomic mass is 32.2. The number of rotatable bonds is 8. The van der Waals surface area contributed by atoms with Crippen LogP contribution in [0.2, 0.25) is 0 Å². The lowest BCUT2D eigenvalue weighted by atomic mass is 10.1. The third-order valence-electron chi connectivity index (χ3n) is 4.57. The van der Waals surface area contributed by atoms with Crippen molar-refractivity contribution in [3.63, 3.8) is 0 Å². The summed E-state index contributed by atoms with van der Waals surface area (Å²) in [6.07, 6.45) is 2.63. The van der Waals surface area contributed by atoms with Crippen LogP contribution in [0.15, 0.2) is 84.0 Å². The van der Waals surface area contributed by atoms with E-state index in [1.54, 1.807) is 45.0 Å². The van der Waals surface area contributed by atoms with Crippen molar-refractivity contribution in [2.45, 2.75) is 49.5 Å². The fraction of sp³-hybridized carbons (Fsp3) is 0.280. The van der Waals surface area contributed by atoms with Crippen molar-refractivity contribution in [3.8, 4) is 5.75 Å². The molecular weight excluding hydrogens is 426 g/mol. The van der Waals surface area contributed by atoms with Crippen molar-refractivity contribution >= 4 is 15.8 Å². The molecule has 168 valence electrons. The SMILES string of the molecule is CC(C)(C)OC(=O)CC(c1cncc(OCc2ccccc2)c1)S(=O)(=O)c1ccccc1. The third-order valence-corrected chi connectivity index (χ3v) is 6.69. The Morgan fingerprint density at radius 2 is 1.59 bits per heavy atom. The predicted octanol–water partition coefficient (Wildman–Crippen LogP) is 4.91. The van der Waals surface area contributed by atoms with Gasteiger partial charge in [0.05, 0.1) is 17.5 Å². The van der Waals surface area contributed by atoms with Gasteiger partial charge < -0.3 is 9.47 Å². The van der Waals surface area contributed by atoms with Crippen LogP contribution in [-0.4, -0.2) is 25.0 Å². The van der Waals surface area contributed by atoms with E-state index in [0.29, 0.717) is 17.9 Å². The Hall–Kier alpha value is -3.19. The summed E-state index contributed by atoms with van der Waals surface area (Å²) in [5.41, 5.74) is 0.613. The number of nitrogens with zero attached hydrogens (tertiary/aromatic N) is 1. The Kier molecular flexibility index (Phi) is 7.30. The Morgan fingerprint density at radius 3 is 2.22 bits per heavy atom. The maximum Gasteiger partial charge on any atom is 0.307 e. The molecule has 0 aliphatic rings. The van der Waals surface area contributed by atoms with Gasteiger partial charge in [-0.15, -0.1) is 0 Å². The summed E-state index contributed by atoms with van der Waals surface area (Å²) >= 11 is 0. The molecule has 32 heavy (non-hydrogen) atoms. The Morgan fingerprint density at radius 1 is 0.969 bits per heavy atom. The first kappa shape index (κ1) is 23.5. The molecule has 0 aliphatic heterocycles. The largest absolute Gasteiger partial charge is 0.487 e. The van der Waals surface area contributed by atoms with Gasteiger partial charge in [0, 0.05) is 6.20 Å². The van der Waals surface area contributed by atoms with Crippen LogP contribution in [0, 0.1) is 0 Å². The minimum Gasteiger partial charge on any atom is -0.487 e. The number of carbonyl (C=O) groups is 1. The number of hydrogen-bond donors (Lipinski definition) is 0. The van der Waals surface area contributed by atoms with Gasteiger partial charge in [0.15, 0.2) is 9.84 Å². The molecule has 2 aromatic carbocycles. The summed E-state index contributed by atoms with van der Waals surface area (Å²) in [5, 5.41) is -1.16. The minimum atomic E-state index is -3.89.